The molecule has 0 bridgehead atoms. The van der Waals surface area contributed by atoms with E-state index >= 15 is 0 Å². The van der Waals surface area contributed by atoms with Crippen LogP contribution in [0.2, 0.25) is 0 Å². The van der Waals surface area contributed by atoms with Gasteiger partial charge < -0.3 is 14.7 Å². The number of hydrogen-bond acceptors (Lipinski definition) is 3. The molecule has 3 aliphatic rings. The van der Waals surface area contributed by atoms with E-state index in [-0.39, 0.29) is 23.5 Å². The highest BCUT2D eigenvalue weighted by Crippen LogP contribution is 2.46. The summed E-state index contributed by atoms with van der Waals surface area (Å²) in [7, 11) is 0. The number of carboxylic acids is 1. The lowest BCUT2D eigenvalue weighted by Gasteiger charge is -2.49. The minimum atomic E-state index is -0.810. The number of carboxylic acid groups (broad SMARTS) is 1. The summed E-state index contributed by atoms with van der Waals surface area (Å²) in [6, 6.07) is 0. The van der Waals surface area contributed by atoms with Crippen LogP contribution in [-0.4, -0.2) is 46.2 Å². The Balaban J connectivity index is 1.72. The number of morpholine rings is 1. The van der Waals surface area contributed by atoms with Crippen LogP contribution in [0.25, 0.3) is 0 Å². The molecule has 5 heteroatoms. The van der Waals surface area contributed by atoms with Gasteiger partial charge in [-0.25, -0.2) is 0 Å². The number of carbonyl (C=O) groups is 2. The van der Waals surface area contributed by atoms with E-state index in [4.69, 9.17) is 4.74 Å². The van der Waals surface area contributed by atoms with E-state index in [2.05, 4.69) is 0 Å². The lowest BCUT2D eigenvalue weighted by molar-refractivity contribution is -0.200. The van der Waals surface area contributed by atoms with E-state index in [1.807, 2.05) is 18.7 Å². The van der Waals surface area contributed by atoms with Crippen LogP contribution in [0.1, 0.15) is 65.2 Å². The molecule has 3 rings (SSSR count). The molecule has 22 heavy (non-hydrogen) atoms. The zero-order chi connectivity index (χ0) is 16.0. The normalized spacial score (nSPS) is 28.4. The van der Waals surface area contributed by atoms with Crippen molar-refractivity contribution in [2.45, 2.75) is 76.4 Å². The van der Waals surface area contributed by atoms with Gasteiger partial charge in [0.25, 0.3) is 0 Å². The Morgan fingerprint density at radius 3 is 2.18 bits per heavy atom. The Labute approximate surface area is 132 Å². The van der Waals surface area contributed by atoms with Gasteiger partial charge in [0.2, 0.25) is 5.91 Å². The average molecular weight is 309 g/mol. The van der Waals surface area contributed by atoms with E-state index in [1.165, 1.54) is 0 Å². The van der Waals surface area contributed by atoms with Crippen LogP contribution in [-0.2, 0) is 14.3 Å². The third-order valence-electron chi connectivity index (χ3n) is 5.66. The summed E-state index contributed by atoms with van der Waals surface area (Å²) in [5.74, 6) is -0.819. The number of rotatable bonds is 3. The number of aliphatic carboxylic acids is 1. The fourth-order valence-electron chi connectivity index (χ4n) is 4.44. The molecule has 1 spiro atoms. The highest BCUT2D eigenvalue weighted by atomic mass is 16.5. The molecule has 1 heterocycles. The Morgan fingerprint density at radius 2 is 1.68 bits per heavy atom. The van der Waals surface area contributed by atoms with Crippen molar-refractivity contribution in [3.8, 4) is 0 Å². The Morgan fingerprint density at radius 1 is 1.05 bits per heavy atom. The first-order chi connectivity index (χ1) is 10.3. The lowest BCUT2D eigenvalue weighted by atomic mass is 9.66. The molecule has 0 unspecified atom stereocenters. The van der Waals surface area contributed by atoms with Crippen molar-refractivity contribution in [1.82, 2.24) is 4.90 Å². The van der Waals surface area contributed by atoms with Crippen LogP contribution >= 0.6 is 0 Å². The van der Waals surface area contributed by atoms with Gasteiger partial charge in [-0.2, -0.15) is 0 Å². The zero-order valence-corrected chi connectivity index (χ0v) is 13.7. The molecule has 0 aromatic rings. The molecule has 3 fully saturated rings. The van der Waals surface area contributed by atoms with E-state index < -0.39 is 11.4 Å². The molecule has 2 saturated carbocycles. The molecule has 5 nitrogen and oxygen atoms in total. The standard InChI is InChI=1S/C17H27NO4/c1-15(2)11-18(12-17(22-15)8-3-4-9-17)13(19)10-16(14(20)21)6-5-7-16/h3-12H2,1-2H3,(H,20,21). The van der Waals surface area contributed by atoms with E-state index in [0.29, 0.717) is 25.9 Å². The molecule has 0 aromatic heterocycles. The van der Waals surface area contributed by atoms with Crippen LogP contribution in [0.4, 0.5) is 0 Å². The lowest BCUT2D eigenvalue weighted by Crippen LogP contribution is -2.60. The van der Waals surface area contributed by atoms with Crippen LogP contribution in [0, 0.1) is 5.41 Å². The number of hydrogen-bond donors (Lipinski definition) is 1. The average Bonchev–Trinajstić information content (AvgIpc) is 2.78. The predicted octanol–water partition coefficient (Wildman–Crippen LogP) is 2.58. The molecule has 0 radical (unpaired) electrons. The Bertz CT molecular complexity index is 475. The highest BCUT2D eigenvalue weighted by molar-refractivity contribution is 5.85. The minimum absolute atomic E-state index is 0.00949. The van der Waals surface area contributed by atoms with Gasteiger partial charge in [0.15, 0.2) is 0 Å². The van der Waals surface area contributed by atoms with Gasteiger partial charge in [-0.15, -0.1) is 0 Å². The molecule has 1 aliphatic heterocycles. The van der Waals surface area contributed by atoms with Crippen molar-refractivity contribution in [2.75, 3.05) is 13.1 Å². The maximum Gasteiger partial charge on any atom is 0.310 e. The van der Waals surface area contributed by atoms with E-state index in [0.717, 1.165) is 32.1 Å². The van der Waals surface area contributed by atoms with Crippen LogP contribution in [0.15, 0.2) is 0 Å². The third-order valence-corrected chi connectivity index (χ3v) is 5.66. The SMILES string of the molecule is CC1(C)CN(C(=O)CC2(C(=O)O)CCC2)CC2(CCCC2)O1. The van der Waals surface area contributed by atoms with E-state index in [1.54, 1.807) is 0 Å². The van der Waals surface area contributed by atoms with Gasteiger partial charge in [-0.1, -0.05) is 19.3 Å². The van der Waals surface area contributed by atoms with Crippen molar-refractivity contribution in [1.29, 1.82) is 0 Å². The summed E-state index contributed by atoms with van der Waals surface area (Å²) >= 11 is 0. The van der Waals surface area contributed by atoms with Crippen molar-refractivity contribution in [2.24, 2.45) is 5.41 Å². The van der Waals surface area contributed by atoms with Crippen LogP contribution in [0.3, 0.4) is 0 Å². The topological polar surface area (TPSA) is 66.8 Å². The Hall–Kier alpha value is -1.10. The third kappa shape index (κ3) is 2.75. The second-order valence-corrected chi connectivity index (χ2v) is 8.12. The maximum absolute atomic E-state index is 12.7. The van der Waals surface area contributed by atoms with Crippen molar-refractivity contribution in [3.05, 3.63) is 0 Å². The molecule has 0 atom stereocenters. The summed E-state index contributed by atoms with van der Waals surface area (Å²) in [4.78, 5) is 26.1. The maximum atomic E-state index is 12.7. The van der Waals surface area contributed by atoms with Gasteiger partial charge >= 0.3 is 5.97 Å². The first-order valence-electron chi connectivity index (χ1n) is 8.47. The largest absolute Gasteiger partial charge is 0.481 e. The summed E-state index contributed by atoms with van der Waals surface area (Å²) in [5.41, 5.74) is -1.36. The van der Waals surface area contributed by atoms with Gasteiger partial charge in [0.1, 0.15) is 0 Å². The van der Waals surface area contributed by atoms with Gasteiger partial charge in [-0.05, 0) is 39.5 Å². The van der Waals surface area contributed by atoms with Crippen molar-refractivity contribution in [3.63, 3.8) is 0 Å². The second kappa shape index (κ2) is 5.22. The predicted molar refractivity (Wildman–Crippen MR) is 81.5 cm³/mol. The number of amides is 1. The minimum Gasteiger partial charge on any atom is -0.481 e. The first-order valence-corrected chi connectivity index (χ1v) is 8.47. The molecule has 1 saturated heterocycles. The van der Waals surface area contributed by atoms with E-state index in [9.17, 15) is 14.7 Å². The monoisotopic (exact) mass is 309 g/mol. The zero-order valence-electron chi connectivity index (χ0n) is 13.7. The van der Waals surface area contributed by atoms with Gasteiger partial charge in [0, 0.05) is 19.5 Å². The quantitative estimate of drug-likeness (QED) is 0.870. The fourth-order valence-corrected chi connectivity index (χ4v) is 4.44. The van der Waals surface area contributed by atoms with Crippen molar-refractivity contribution >= 4 is 11.9 Å². The molecule has 2 aliphatic carbocycles. The summed E-state index contributed by atoms with van der Waals surface area (Å²) in [5, 5.41) is 9.44. The summed E-state index contributed by atoms with van der Waals surface area (Å²) < 4.78 is 6.31. The highest BCUT2D eigenvalue weighted by Gasteiger charge is 2.50. The van der Waals surface area contributed by atoms with Crippen LogP contribution < -0.4 is 0 Å². The molecular weight excluding hydrogens is 282 g/mol. The van der Waals surface area contributed by atoms with Crippen molar-refractivity contribution < 1.29 is 19.4 Å². The molecule has 1 amide bonds. The second-order valence-electron chi connectivity index (χ2n) is 8.12. The summed E-state index contributed by atoms with van der Waals surface area (Å²) in [6.45, 7) is 5.25. The molecule has 0 aromatic carbocycles. The first kappa shape index (κ1) is 15.8. The molecule has 124 valence electrons. The van der Waals surface area contributed by atoms with Crippen LogP contribution in [0.5, 0.6) is 0 Å². The Kier molecular flexibility index (Phi) is 3.75. The fraction of sp³-hybridized carbons (Fsp3) is 0.882. The number of nitrogens with zero attached hydrogens (tertiary/aromatic N) is 1. The summed E-state index contributed by atoms with van der Waals surface area (Å²) in [6.07, 6.45) is 6.63. The van der Waals surface area contributed by atoms with Gasteiger partial charge in [-0.3, -0.25) is 9.59 Å². The molecule has 1 N–H and O–H groups in total. The smallest absolute Gasteiger partial charge is 0.310 e. The number of carbonyl (C=O) groups excluding carboxylic acids is 1. The van der Waals surface area contributed by atoms with Gasteiger partial charge in [0.05, 0.1) is 16.6 Å². The molecular formula is C17H27NO4. The number of ether oxygens (including phenoxy) is 1.